The van der Waals surface area contributed by atoms with Gasteiger partial charge >= 0.3 is 0 Å². The molecule has 0 unspecified atom stereocenters. The van der Waals surface area contributed by atoms with Gasteiger partial charge in [-0.05, 0) is 35.9 Å². The molecule has 1 aromatic heterocycles. The molecule has 6 heteroatoms. The first-order chi connectivity index (χ1) is 10.6. The third kappa shape index (κ3) is 5.57. The van der Waals surface area contributed by atoms with Gasteiger partial charge in [-0.3, -0.25) is 14.6 Å². The lowest BCUT2D eigenvalue weighted by Crippen LogP contribution is -2.24. The molecule has 0 fully saturated rings. The quantitative estimate of drug-likeness (QED) is 0.803. The Balaban J connectivity index is 1.75. The molecule has 0 radical (unpaired) electrons. The second-order valence-electron chi connectivity index (χ2n) is 4.63. The van der Waals surface area contributed by atoms with Crippen molar-refractivity contribution in [3.63, 3.8) is 0 Å². The Bertz CT molecular complexity index is 630. The van der Waals surface area contributed by atoms with Crippen molar-refractivity contribution in [3.8, 4) is 0 Å². The number of aromatic nitrogens is 1. The number of hydrogen-bond acceptors (Lipinski definition) is 4. The average molecular weight is 315 g/mol. The second-order valence-corrected chi connectivity index (χ2v) is 5.68. The van der Waals surface area contributed by atoms with E-state index in [2.05, 4.69) is 15.6 Å². The normalized spacial score (nSPS) is 10.0. The van der Waals surface area contributed by atoms with Crippen LogP contribution in [0.4, 0.5) is 5.69 Å². The standard InChI is InChI=1S/C16H17N3O2S/c1-12(20)19-14-4-6-15(7-5-14)22-11-16(21)18-10-13-3-2-8-17-9-13/h2-9H,10-11H2,1H3,(H,18,21)(H,19,20). The number of rotatable bonds is 6. The zero-order valence-corrected chi connectivity index (χ0v) is 13.0. The number of anilines is 1. The van der Waals surface area contributed by atoms with Crippen LogP contribution in [0.1, 0.15) is 12.5 Å². The van der Waals surface area contributed by atoms with Gasteiger partial charge in [0.1, 0.15) is 0 Å². The van der Waals surface area contributed by atoms with E-state index < -0.39 is 0 Å². The highest BCUT2D eigenvalue weighted by Crippen LogP contribution is 2.20. The predicted molar refractivity (Wildman–Crippen MR) is 87.6 cm³/mol. The first-order valence-electron chi connectivity index (χ1n) is 6.79. The SMILES string of the molecule is CC(=O)Nc1ccc(SCC(=O)NCc2cccnc2)cc1. The van der Waals surface area contributed by atoms with E-state index in [9.17, 15) is 9.59 Å². The molecule has 0 spiro atoms. The summed E-state index contributed by atoms with van der Waals surface area (Å²) in [4.78, 5) is 27.7. The van der Waals surface area contributed by atoms with Gasteiger partial charge in [-0.25, -0.2) is 0 Å². The molecule has 0 aliphatic carbocycles. The average Bonchev–Trinajstić information content (AvgIpc) is 2.53. The van der Waals surface area contributed by atoms with E-state index in [4.69, 9.17) is 0 Å². The molecular formula is C16H17N3O2S. The first kappa shape index (κ1) is 16.0. The number of hydrogen-bond donors (Lipinski definition) is 2. The molecule has 2 N–H and O–H groups in total. The minimum Gasteiger partial charge on any atom is -0.351 e. The lowest BCUT2D eigenvalue weighted by Gasteiger charge is -2.06. The van der Waals surface area contributed by atoms with E-state index in [1.54, 1.807) is 12.4 Å². The van der Waals surface area contributed by atoms with Gasteiger partial charge in [0.05, 0.1) is 5.75 Å². The van der Waals surface area contributed by atoms with E-state index in [1.165, 1.54) is 18.7 Å². The van der Waals surface area contributed by atoms with Crippen molar-refractivity contribution in [2.75, 3.05) is 11.1 Å². The van der Waals surface area contributed by atoms with Crippen LogP contribution in [-0.4, -0.2) is 22.6 Å². The molecule has 0 atom stereocenters. The minimum absolute atomic E-state index is 0.0280. The van der Waals surface area contributed by atoms with E-state index in [0.29, 0.717) is 12.3 Å². The molecule has 1 heterocycles. The summed E-state index contributed by atoms with van der Waals surface area (Å²) in [5.74, 6) is 0.217. The van der Waals surface area contributed by atoms with Crippen molar-refractivity contribution in [3.05, 3.63) is 54.4 Å². The molecule has 22 heavy (non-hydrogen) atoms. The maximum Gasteiger partial charge on any atom is 0.230 e. The van der Waals surface area contributed by atoms with Crippen LogP contribution in [0.2, 0.25) is 0 Å². The summed E-state index contributed by atoms with van der Waals surface area (Å²) in [5.41, 5.74) is 1.72. The molecule has 0 saturated carbocycles. The number of nitrogens with zero attached hydrogens (tertiary/aromatic N) is 1. The van der Waals surface area contributed by atoms with Crippen LogP contribution in [0.3, 0.4) is 0 Å². The van der Waals surface area contributed by atoms with Crippen molar-refractivity contribution in [2.24, 2.45) is 0 Å². The molecule has 2 aromatic rings. The van der Waals surface area contributed by atoms with Gasteiger partial charge in [0, 0.05) is 36.4 Å². The Hall–Kier alpha value is -2.34. The third-order valence-corrected chi connectivity index (χ3v) is 3.77. The highest BCUT2D eigenvalue weighted by Gasteiger charge is 2.03. The number of thioether (sulfide) groups is 1. The predicted octanol–water partition coefficient (Wildman–Crippen LogP) is 2.45. The fourth-order valence-electron chi connectivity index (χ4n) is 1.74. The summed E-state index contributed by atoms with van der Waals surface area (Å²) < 4.78 is 0. The summed E-state index contributed by atoms with van der Waals surface area (Å²) in [6.45, 7) is 1.95. The zero-order valence-electron chi connectivity index (χ0n) is 12.2. The van der Waals surface area contributed by atoms with E-state index in [1.807, 2.05) is 36.4 Å². The van der Waals surface area contributed by atoms with E-state index >= 15 is 0 Å². The first-order valence-corrected chi connectivity index (χ1v) is 7.78. The summed E-state index contributed by atoms with van der Waals surface area (Å²) >= 11 is 1.45. The van der Waals surface area contributed by atoms with Gasteiger partial charge in [0.2, 0.25) is 11.8 Å². The van der Waals surface area contributed by atoms with Crippen LogP contribution in [0.15, 0.2) is 53.7 Å². The number of amides is 2. The minimum atomic E-state index is -0.102. The van der Waals surface area contributed by atoms with Crippen LogP contribution >= 0.6 is 11.8 Å². The third-order valence-electron chi connectivity index (χ3n) is 2.76. The molecule has 1 aromatic carbocycles. The molecular weight excluding hydrogens is 298 g/mol. The lowest BCUT2D eigenvalue weighted by atomic mass is 10.3. The molecule has 5 nitrogen and oxygen atoms in total. The Morgan fingerprint density at radius 2 is 1.95 bits per heavy atom. The smallest absolute Gasteiger partial charge is 0.230 e. The zero-order chi connectivity index (χ0) is 15.8. The lowest BCUT2D eigenvalue weighted by molar-refractivity contribution is -0.118. The van der Waals surface area contributed by atoms with Crippen LogP contribution < -0.4 is 10.6 Å². The van der Waals surface area contributed by atoms with Crippen LogP contribution in [-0.2, 0) is 16.1 Å². The van der Waals surface area contributed by atoms with Crippen LogP contribution in [0.25, 0.3) is 0 Å². The van der Waals surface area contributed by atoms with E-state index in [-0.39, 0.29) is 11.8 Å². The van der Waals surface area contributed by atoms with Crippen molar-refractivity contribution in [1.82, 2.24) is 10.3 Å². The monoisotopic (exact) mass is 315 g/mol. The largest absolute Gasteiger partial charge is 0.351 e. The Labute approximate surface area is 133 Å². The molecule has 0 saturated heterocycles. The molecule has 0 bridgehead atoms. The molecule has 0 aliphatic rings. The maximum atomic E-state index is 11.8. The summed E-state index contributed by atoms with van der Waals surface area (Å²) in [6.07, 6.45) is 3.43. The van der Waals surface area contributed by atoms with Crippen molar-refractivity contribution in [1.29, 1.82) is 0 Å². The second kappa shape index (κ2) is 8.19. The number of carbonyl (C=O) groups is 2. The topological polar surface area (TPSA) is 71.1 Å². The van der Waals surface area contributed by atoms with Crippen molar-refractivity contribution < 1.29 is 9.59 Å². The summed E-state index contributed by atoms with van der Waals surface area (Å²) in [6, 6.07) is 11.2. The van der Waals surface area contributed by atoms with Gasteiger partial charge in [0.15, 0.2) is 0 Å². The molecule has 2 rings (SSSR count). The number of pyridine rings is 1. The Morgan fingerprint density at radius 3 is 2.59 bits per heavy atom. The van der Waals surface area contributed by atoms with Gasteiger partial charge in [-0.2, -0.15) is 0 Å². The summed E-state index contributed by atoms with van der Waals surface area (Å²) in [7, 11) is 0. The van der Waals surface area contributed by atoms with E-state index in [0.717, 1.165) is 16.1 Å². The van der Waals surface area contributed by atoms with Gasteiger partial charge in [0.25, 0.3) is 0 Å². The fourth-order valence-corrected chi connectivity index (χ4v) is 2.47. The molecule has 114 valence electrons. The maximum absolute atomic E-state index is 11.8. The van der Waals surface area contributed by atoms with Crippen molar-refractivity contribution in [2.45, 2.75) is 18.4 Å². The molecule has 0 aliphatic heterocycles. The number of benzene rings is 1. The van der Waals surface area contributed by atoms with Gasteiger partial charge < -0.3 is 10.6 Å². The fraction of sp³-hybridized carbons (Fsp3) is 0.188. The number of carbonyl (C=O) groups excluding carboxylic acids is 2. The number of nitrogens with one attached hydrogen (secondary N) is 2. The van der Waals surface area contributed by atoms with Gasteiger partial charge in [-0.1, -0.05) is 6.07 Å². The summed E-state index contributed by atoms with van der Waals surface area (Å²) in [5, 5.41) is 5.55. The Morgan fingerprint density at radius 1 is 1.18 bits per heavy atom. The highest BCUT2D eigenvalue weighted by atomic mass is 32.2. The Kier molecular flexibility index (Phi) is 5.97. The van der Waals surface area contributed by atoms with Crippen LogP contribution in [0.5, 0.6) is 0 Å². The molecule has 2 amide bonds. The van der Waals surface area contributed by atoms with Crippen molar-refractivity contribution >= 4 is 29.3 Å². The highest BCUT2D eigenvalue weighted by molar-refractivity contribution is 8.00. The van der Waals surface area contributed by atoms with Crippen LogP contribution in [0, 0.1) is 0 Å². The van der Waals surface area contributed by atoms with Gasteiger partial charge in [-0.15, -0.1) is 11.8 Å².